The van der Waals surface area contributed by atoms with Crippen LogP contribution in [0.3, 0.4) is 0 Å². The maximum absolute atomic E-state index is 12.0. The lowest BCUT2D eigenvalue weighted by molar-refractivity contribution is -0.207. The molecule has 0 bridgehead atoms. The van der Waals surface area contributed by atoms with Gasteiger partial charge in [0.2, 0.25) is 0 Å². The Morgan fingerprint density at radius 3 is 2.33 bits per heavy atom. The van der Waals surface area contributed by atoms with Gasteiger partial charge < -0.3 is 0 Å². The highest BCUT2D eigenvalue weighted by atomic mass is 79.9. The quantitative estimate of drug-likeness (QED) is 0.720. The second kappa shape index (κ2) is 3.38. The number of alkyl halides is 3. The smallest absolute Gasteiger partial charge is 0.297 e. The molecule has 1 aliphatic heterocycles. The van der Waals surface area contributed by atoms with Crippen molar-refractivity contribution in [3.05, 3.63) is 11.1 Å². The molecule has 0 aromatic carbocycles. The van der Waals surface area contributed by atoms with Crippen molar-refractivity contribution in [2.45, 2.75) is 6.18 Å². The van der Waals surface area contributed by atoms with E-state index in [1.54, 1.807) is 4.90 Å². The summed E-state index contributed by atoms with van der Waals surface area (Å²) in [4.78, 5) is 1.70. The highest BCUT2D eigenvalue weighted by molar-refractivity contribution is 9.11. The largest absolute Gasteiger partial charge is 0.394 e. The standard InChI is InChI=1S/C7H9BrF3N/c1-5(8)2-12-3-6(4-12)7(9,10)11/h6H,1-4H2. The van der Waals surface area contributed by atoms with Crippen LogP contribution in [0.1, 0.15) is 0 Å². The van der Waals surface area contributed by atoms with Crippen molar-refractivity contribution in [1.29, 1.82) is 0 Å². The Bertz CT molecular complexity index is 184. The molecule has 0 unspecified atom stereocenters. The molecule has 70 valence electrons. The van der Waals surface area contributed by atoms with Crippen LogP contribution in [0, 0.1) is 5.92 Å². The topological polar surface area (TPSA) is 3.24 Å². The van der Waals surface area contributed by atoms with E-state index in [4.69, 9.17) is 0 Å². The van der Waals surface area contributed by atoms with E-state index in [-0.39, 0.29) is 13.1 Å². The summed E-state index contributed by atoms with van der Waals surface area (Å²) in [6, 6.07) is 0. The third-order valence-electron chi connectivity index (χ3n) is 1.82. The maximum Gasteiger partial charge on any atom is 0.394 e. The van der Waals surface area contributed by atoms with E-state index in [0.717, 1.165) is 4.48 Å². The lowest BCUT2D eigenvalue weighted by Gasteiger charge is -2.39. The van der Waals surface area contributed by atoms with E-state index < -0.39 is 12.1 Å². The number of halogens is 4. The molecule has 0 atom stereocenters. The van der Waals surface area contributed by atoms with Crippen LogP contribution < -0.4 is 0 Å². The summed E-state index contributed by atoms with van der Waals surface area (Å²) < 4.78 is 36.6. The molecular formula is C7H9BrF3N. The van der Waals surface area contributed by atoms with Crippen LogP contribution in [0.2, 0.25) is 0 Å². The first kappa shape index (κ1) is 10.1. The van der Waals surface area contributed by atoms with Gasteiger partial charge in [-0.2, -0.15) is 13.2 Å². The molecule has 1 nitrogen and oxygen atoms in total. The van der Waals surface area contributed by atoms with Gasteiger partial charge in [0, 0.05) is 24.1 Å². The fraction of sp³-hybridized carbons (Fsp3) is 0.714. The van der Waals surface area contributed by atoms with Gasteiger partial charge in [-0.3, -0.25) is 4.90 Å². The highest BCUT2D eigenvalue weighted by Crippen LogP contribution is 2.33. The van der Waals surface area contributed by atoms with Crippen LogP contribution in [0.15, 0.2) is 11.1 Å². The molecule has 1 fully saturated rings. The van der Waals surface area contributed by atoms with Crippen molar-refractivity contribution in [2.24, 2.45) is 5.92 Å². The predicted molar refractivity (Wildman–Crippen MR) is 44.1 cm³/mol. The molecule has 0 spiro atoms. The van der Waals surface area contributed by atoms with Crippen molar-refractivity contribution < 1.29 is 13.2 Å². The molecule has 12 heavy (non-hydrogen) atoms. The average Bonchev–Trinajstić information content (AvgIpc) is 1.73. The predicted octanol–water partition coefficient (Wildman–Crippen LogP) is 2.39. The van der Waals surface area contributed by atoms with Crippen molar-refractivity contribution >= 4 is 15.9 Å². The zero-order valence-electron chi connectivity index (χ0n) is 6.36. The van der Waals surface area contributed by atoms with Crippen molar-refractivity contribution in [2.75, 3.05) is 19.6 Å². The molecule has 0 aliphatic carbocycles. The Morgan fingerprint density at radius 1 is 1.50 bits per heavy atom. The summed E-state index contributed by atoms with van der Waals surface area (Å²) in [7, 11) is 0. The number of hydrogen-bond acceptors (Lipinski definition) is 1. The highest BCUT2D eigenvalue weighted by Gasteiger charge is 2.46. The van der Waals surface area contributed by atoms with Crippen LogP contribution in [-0.4, -0.2) is 30.7 Å². The zero-order chi connectivity index (χ0) is 9.35. The van der Waals surface area contributed by atoms with Gasteiger partial charge in [0.25, 0.3) is 0 Å². The fourth-order valence-electron chi connectivity index (χ4n) is 1.15. The Balaban J connectivity index is 2.25. The second-order valence-corrected chi connectivity index (χ2v) is 4.07. The van der Waals surface area contributed by atoms with Crippen LogP contribution in [0.25, 0.3) is 0 Å². The van der Waals surface area contributed by atoms with Crippen LogP contribution in [0.5, 0.6) is 0 Å². The van der Waals surface area contributed by atoms with E-state index >= 15 is 0 Å². The number of rotatable bonds is 2. The zero-order valence-corrected chi connectivity index (χ0v) is 7.95. The first-order chi connectivity index (χ1) is 5.39. The van der Waals surface area contributed by atoms with Gasteiger partial charge in [0.05, 0.1) is 5.92 Å². The summed E-state index contributed by atoms with van der Waals surface area (Å²) >= 11 is 3.10. The second-order valence-electron chi connectivity index (χ2n) is 2.95. The van der Waals surface area contributed by atoms with Gasteiger partial charge >= 0.3 is 6.18 Å². The van der Waals surface area contributed by atoms with E-state index in [1.165, 1.54) is 0 Å². The lowest BCUT2D eigenvalue weighted by Crippen LogP contribution is -2.53. The maximum atomic E-state index is 12.0. The van der Waals surface area contributed by atoms with E-state index in [1.807, 2.05) is 0 Å². The third kappa shape index (κ3) is 2.48. The minimum absolute atomic E-state index is 0.105. The first-order valence-corrected chi connectivity index (χ1v) is 4.31. The molecule has 1 saturated heterocycles. The molecule has 0 amide bonds. The van der Waals surface area contributed by atoms with Gasteiger partial charge in [-0.05, 0) is 0 Å². The summed E-state index contributed by atoms with van der Waals surface area (Å²) in [5.41, 5.74) is 0. The summed E-state index contributed by atoms with van der Waals surface area (Å²) in [5, 5.41) is 0. The molecule has 0 aromatic heterocycles. The molecule has 1 aliphatic rings. The SMILES string of the molecule is C=C(Br)CN1CC(C(F)(F)F)C1. The molecular weight excluding hydrogens is 235 g/mol. The van der Waals surface area contributed by atoms with Crippen molar-refractivity contribution in [3.8, 4) is 0 Å². The van der Waals surface area contributed by atoms with E-state index in [9.17, 15) is 13.2 Å². The minimum atomic E-state index is -4.02. The molecule has 1 heterocycles. The number of likely N-dealkylation sites (tertiary alicyclic amines) is 1. The van der Waals surface area contributed by atoms with Gasteiger partial charge in [-0.25, -0.2) is 0 Å². The van der Waals surface area contributed by atoms with E-state index in [2.05, 4.69) is 22.5 Å². The molecule has 1 rings (SSSR count). The molecule has 0 saturated carbocycles. The summed E-state index contributed by atoms with van der Waals surface area (Å²) in [6.45, 7) is 4.27. The summed E-state index contributed by atoms with van der Waals surface area (Å²) in [5.74, 6) is -1.13. The van der Waals surface area contributed by atoms with Crippen LogP contribution >= 0.6 is 15.9 Å². The van der Waals surface area contributed by atoms with Crippen molar-refractivity contribution in [3.63, 3.8) is 0 Å². The van der Waals surface area contributed by atoms with Gasteiger partial charge in [-0.1, -0.05) is 22.5 Å². The Kier molecular flexibility index (Phi) is 2.83. The Morgan fingerprint density at radius 2 is 2.00 bits per heavy atom. The Labute approximate surface area is 77.4 Å². The number of nitrogens with zero attached hydrogens (tertiary/aromatic N) is 1. The molecule has 5 heteroatoms. The summed E-state index contributed by atoms with van der Waals surface area (Å²) in [6.07, 6.45) is -4.02. The van der Waals surface area contributed by atoms with Gasteiger partial charge in [-0.15, -0.1) is 0 Å². The Hall–Kier alpha value is -0.0300. The third-order valence-corrected chi connectivity index (χ3v) is 2.07. The van der Waals surface area contributed by atoms with Gasteiger partial charge in [0.1, 0.15) is 0 Å². The van der Waals surface area contributed by atoms with Crippen LogP contribution in [0.4, 0.5) is 13.2 Å². The molecule has 0 radical (unpaired) electrons. The van der Waals surface area contributed by atoms with E-state index in [0.29, 0.717) is 6.54 Å². The monoisotopic (exact) mass is 243 g/mol. The fourth-order valence-corrected chi connectivity index (χ4v) is 1.50. The number of hydrogen-bond donors (Lipinski definition) is 0. The average molecular weight is 244 g/mol. The van der Waals surface area contributed by atoms with Crippen LogP contribution in [-0.2, 0) is 0 Å². The van der Waals surface area contributed by atoms with Crippen molar-refractivity contribution in [1.82, 2.24) is 4.90 Å². The molecule has 0 aromatic rings. The molecule has 0 N–H and O–H groups in total. The minimum Gasteiger partial charge on any atom is -0.297 e. The lowest BCUT2D eigenvalue weighted by atomic mass is 10.00. The normalized spacial score (nSPS) is 20.7. The first-order valence-electron chi connectivity index (χ1n) is 3.52. The van der Waals surface area contributed by atoms with Gasteiger partial charge in [0.15, 0.2) is 0 Å².